The van der Waals surface area contributed by atoms with E-state index >= 15 is 8.78 Å². The number of H-pyrrole nitrogens is 1. The summed E-state index contributed by atoms with van der Waals surface area (Å²) < 4.78 is 60.6. The Morgan fingerprint density at radius 3 is 2.47 bits per heavy atom. The number of likely N-dealkylation sites (tertiary alicyclic amines) is 1. The third-order valence-electron chi connectivity index (χ3n) is 8.14. The molecule has 2 aliphatic heterocycles. The summed E-state index contributed by atoms with van der Waals surface area (Å²) in [5.41, 5.74) is 1.88. The van der Waals surface area contributed by atoms with Crippen molar-refractivity contribution in [1.29, 1.82) is 0 Å². The van der Waals surface area contributed by atoms with Crippen LogP contribution < -0.4 is 0 Å². The van der Waals surface area contributed by atoms with Crippen LogP contribution in [0.4, 0.5) is 17.6 Å². The van der Waals surface area contributed by atoms with Crippen LogP contribution in [0.25, 0.3) is 10.9 Å². The van der Waals surface area contributed by atoms with E-state index in [1.807, 2.05) is 24.3 Å². The third-order valence-corrected chi connectivity index (χ3v) is 8.14. The van der Waals surface area contributed by atoms with Gasteiger partial charge in [-0.2, -0.15) is 0 Å². The van der Waals surface area contributed by atoms with Gasteiger partial charge in [0.1, 0.15) is 18.2 Å². The van der Waals surface area contributed by atoms with Gasteiger partial charge in [0.2, 0.25) is 0 Å². The van der Waals surface area contributed by atoms with Crippen molar-refractivity contribution in [3.05, 3.63) is 70.4 Å². The highest BCUT2D eigenvalue weighted by molar-refractivity contribution is 5.85. The molecule has 3 atom stereocenters. The molecule has 2 aliphatic rings. The van der Waals surface area contributed by atoms with E-state index in [0.717, 1.165) is 48.0 Å². The smallest absolute Gasteiger partial charge is 0.283 e. The van der Waals surface area contributed by atoms with Crippen LogP contribution in [0.2, 0.25) is 0 Å². The number of aliphatic hydroxyl groups excluding tert-OH is 2. The number of para-hydroxylation sites is 1. The van der Waals surface area contributed by atoms with Crippen molar-refractivity contribution in [2.24, 2.45) is 5.92 Å². The highest BCUT2D eigenvalue weighted by Crippen LogP contribution is 2.44. The van der Waals surface area contributed by atoms with Crippen molar-refractivity contribution < 1.29 is 27.8 Å². The molecule has 1 aromatic heterocycles. The first-order chi connectivity index (χ1) is 18.1. The molecule has 3 heterocycles. The number of unbranched alkanes of at least 4 members (excludes halogenated alkanes) is 1. The third kappa shape index (κ3) is 4.97. The molecule has 5 rings (SSSR count). The van der Waals surface area contributed by atoms with E-state index < -0.39 is 48.9 Å². The average Bonchev–Trinajstić information content (AvgIpc) is 3.22. The molecule has 0 bridgehead atoms. The van der Waals surface area contributed by atoms with Gasteiger partial charge in [0.25, 0.3) is 5.92 Å². The number of benzene rings is 2. The monoisotopic (exact) mass is 533 g/mol. The molecule has 3 N–H and O–H groups in total. The van der Waals surface area contributed by atoms with Crippen LogP contribution >= 0.6 is 0 Å². The fourth-order valence-corrected chi connectivity index (χ4v) is 6.06. The van der Waals surface area contributed by atoms with E-state index in [0.29, 0.717) is 25.2 Å². The summed E-state index contributed by atoms with van der Waals surface area (Å²) in [6.07, 6.45) is 1.52. The van der Waals surface area contributed by atoms with Crippen LogP contribution in [0, 0.1) is 17.6 Å². The molecule has 3 aromatic rings. The van der Waals surface area contributed by atoms with Crippen LogP contribution in [-0.4, -0.2) is 69.7 Å². The number of nitrogens with zero attached hydrogens (tertiary/aromatic N) is 2. The number of aliphatic hydroxyl groups is 2. The van der Waals surface area contributed by atoms with E-state index in [-0.39, 0.29) is 17.0 Å². The van der Waals surface area contributed by atoms with Gasteiger partial charge in [-0.25, -0.2) is 17.6 Å². The molecule has 206 valence electrons. The van der Waals surface area contributed by atoms with Gasteiger partial charge in [-0.1, -0.05) is 31.5 Å². The molecular formula is C29H35F4N3O2. The summed E-state index contributed by atoms with van der Waals surface area (Å²) in [5.74, 6) is -5.34. The lowest BCUT2D eigenvalue weighted by atomic mass is 9.85. The topological polar surface area (TPSA) is 62.7 Å². The number of alkyl halides is 2. The largest absolute Gasteiger partial charge is 0.390 e. The van der Waals surface area contributed by atoms with Crippen LogP contribution in [0.5, 0.6) is 0 Å². The quantitative estimate of drug-likeness (QED) is 0.332. The van der Waals surface area contributed by atoms with Crippen molar-refractivity contribution in [2.75, 3.05) is 32.8 Å². The lowest BCUT2D eigenvalue weighted by molar-refractivity contribution is -0.0869. The predicted octanol–water partition coefficient (Wildman–Crippen LogP) is 5.18. The maximum atomic E-state index is 15.8. The Bertz CT molecular complexity index is 1270. The van der Waals surface area contributed by atoms with Crippen molar-refractivity contribution in [2.45, 2.75) is 57.2 Å². The first kappa shape index (κ1) is 27.1. The zero-order valence-electron chi connectivity index (χ0n) is 21.7. The fourth-order valence-electron chi connectivity index (χ4n) is 6.06. The van der Waals surface area contributed by atoms with Crippen LogP contribution in [0.15, 0.2) is 36.4 Å². The Kier molecular flexibility index (Phi) is 7.57. The highest BCUT2D eigenvalue weighted by atomic mass is 19.3. The summed E-state index contributed by atoms with van der Waals surface area (Å²) in [6.45, 7) is 3.89. The number of halogens is 4. The van der Waals surface area contributed by atoms with E-state index in [9.17, 15) is 19.0 Å². The van der Waals surface area contributed by atoms with Crippen molar-refractivity contribution in [3.63, 3.8) is 0 Å². The molecule has 2 aromatic carbocycles. The summed E-state index contributed by atoms with van der Waals surface area (Å²) in [5, 5.41) is 21.0. The maximum absolute atomic E-state index is 15.8. The lowest BCUT2D eigenvalue weighted by Crippen LogP contribution is -2.50. The van der Waals surface area contributed by atoms with Crippen LogP contribution in [-0.2, 0) is 6.42 Å². The predicted molar refractivity (Wildman–Crippen MR) is 138 cm³/mol. The van der Waals surface area contributed by atoms with Gasteiger partial charge in [0.05, 0.1) is 18.7 Å². The van der Waals surface area contributed by atoms with Gasteiger partial charge < -0.3 is 20.1 Å². The second-order valence-electron chi connectivity index (χ2n) is 10.9. The minimum atomic E-state index is -3.45. The second-order valence-corrected chi connectivity index (χ2v) is 10.9. The number of nitrogens with one attached hydrogen (secondary N) is 1. The number of fused-ring (bicyclic) bond motifs is 3. The van der Waals surface area contributed by atoms with Crippen molar-refractivity contribution >= 4 is 10.9 Å². The normalized spacial score (nSPS) is 22.0. The fraction of sp³-hybridized carbons (Fsp3) is 0.517. The molecule has 0 radical (unpaired) electrons. The Morgan fingerprint density at radius 2 is 1.82 bits per heavy atom. The first-order valence-electron chi connectivity index (χ1n) is 13.4. The Hall–Kier alpha value is -2.46. The molecule has 0 aliphatic carbocycles. The summed E-state index contributed by atoms with van der Waals surface area (Å²) >= 11 is 0. The maximum Gasteiger partial charge on any atom is 0.283 e. The molecule has 1 fully saturated rings. The zero-order valence-corrected chi connectivity index (χ0v) is 21.7. The number of aromatic nitrogens is 1. The molecule has 9 heteroatoms. The molecule has 5 nitrogen and oxygen atoms in total. The Labute approximate surface area is 220 Å². The minimum absolute atomic E-state index is 0.119. The van der Waals surface area contributed by atoms with E-state index in [1.165, 1.54) is 4.90 Å². The highest BCUT2D eigenvalue weighted by Gasteiger charge is 2.44. The number of hydrogen-bond donors (Lipinski definition) is 3. The second kappa shape index (κ2) is 10.6. The van der Waals surface area contributed by atoms with Crippen molar-refractivity contribution in [1.82, 2.24) is 14.8 Å². The molecule has 0 spiro atoms. The average molecular weight is 534 g/mol. The van der Waals surface area contributed by atoms with Crippen molar-refractivity contribution in [3.8, 4) is 0 Å². The Morgan fingerprint density at radius 1 is 1.13 bits per heavy atom. The van der Waals surface area contributed by atoms with Crippen LogP contribution in [0.1, 0.15) is 61.2 Å². The van der Waals surface area contributed by atoms with Gasteiger partial charge in [0.15, 0.2) is 0 Å². The molecular weight excluding hydrogens is 498 g/mol. The summed E-state index contributed by atoms with van der Waals surface area (Å²) in [6, 6.07) is 8.10. The number of aromatic amines is 1. The standard InChI is InChI=1S/C29H35F4N3O2/c1-3-4-9-35-13-19(14-35)28(38)18-11-22(30)25(23(31)12-18)27-26-21(20-7-5-6-8-24(20)34-26)10-17(2)36(27)15-29(32,33)16-37/h5-8,11-12,17,19,27-28,34,37-38H,3-4,9-10,13-16H2,1-2H3/t17-,27-,28+/m1/s1. The minimum Gasteiger partial charge on any atom is -0.390 e. The molecule has 38 heavy (non-hydrogen) atoms. The Balaban J connectivity index is 1.53. The van der Waals surface area contributed by atoms with E-state index in [1.54, 1.807) is 6.92 Å². The van der Waals surface area contributed by atoms with Crippen LogP contribution in [0.3, 0.4) is 0 Å². The van der Waals surface area contributed by atoms with Gasteiger partial charge in [-0.05, 0) is 55.6 Å². The zero-order chi connectivity index (χ0) is 27.2. The number of hydrogen-bond acceptors (Lipinski definition) is 4. The van der Waals surface area contributed by atoms with Gasteiger partial charge >= 0.3 is 0 Å². The molecule has 0 unspecified atom stereocenters. The summed E-state index contributed by atoms with van der Waals surface area (Å²) in [7, 11) is 0. The lowest BCUT2D eigenvalue weighted by Gasteiger charge is -2.43. The van der Waals surface area contributed by atoms with E-state index in [4.69, 9.17) is 0 Å². The van der Waals surface area contributed by atoms with Gasteiger partial charge in [-0.15, -0.1) is 0 Å². The molecule has 0 amide bonds. The molecule has 1 saturated heterocycles. The van der Waals surface area contributed by atoms with Gasteiger partial charge in [-0.3, -0.25) is 4.90 Å². The number of rotatable bonds is 9. The molecule has 0 saturated carbocycles. The van der Waals surface area contributed by atoms with Gasteiger partial charge in [0, 0.05) is 47.2 Å². The SMILES string of the molecule is CCCCN1CC([C@@H](O)c2cc(F)c([C@@H]3c4[nH]c5ccccc5c4C[C@@H](C)N3CC(F)(F)CO)c(F)c2)C1. The van der Waals surface area contributed by atoms with E-state index in [2.05, 4.69) is 16.8 Å². The summed E-state index contributed by atoms with van der Waals surface area (Å²) in [4.78, 5) is 6.80. The first-order valence-corrected chi connectivity index (χ1v) is 13.4.